The molecule has 2 atom stereocenters. The number of esters is 1. The zero-order chi connectivity index (χ0) is 16.0. The maximum Gasteiger partial charge on any atom is 0.326 e. The van der Waals surface area contributed by atoms with Gasteiger partial charge >= 0.3 is 5.97 Å². The molecular formula is C13H28N2O4S. The molecular weight excluding hydrogens is 280 g/mol. The molecule has 20 heavy (non-hydrogen) atoms. The summed E-state index contributed by atoms with van der Waals surface area (Å²) < 4.78 is 27.4. The molecule has 120 valence electrons. The molecule has 0 aromatic carbocycles. The molecule has 0 spiro atoms. The van der Waals surface area contributed by atoms with Gasteiger partial charge in [-0.15, -0.1) is 0 Å². The maximum atomic E-state index is 12.0. The van der Waals surface area contributed by atoms with E-state index >= 15 is 0 Å². The van der Waals surface area contributed by atoms with Gasteiger partial charge in [0.25, 0.3) is 0 Å². The van der Waals surface area contributed by atoms with E-state index in [9.17, 15) is 13.2 Å². The Hall–Kier alpha value is -0.660. The molecule has 0 amide bonds. The topological polar surface area (TPSA) is 75.7 Å². The van der Waals surface area contributed by atoms with Gasteiger partial charge < -0.3 is 15.0 Å². The monoisotopic (exact) mass is 308 g/mol. The Bertz CT molecular complexity index is 411. The highest BCUT2D eigenvalue weighted by Gasteiger charge is 2.35. The quantitative estimate of drug-likeness (QED) is 0.617. The van der Waals surface area contributed by atoms with Crippen molar-refractivity contribution in [2.24, 2.45) is 0 Å². The minimum absolute atomic E-state index is 0.0543. The predicted octanol–water partition coefficient (Wildman–Crippen LogP) is 0.283. The van der Waals surface area contributed by atoms with Crippen LogP contribution in [0.15, 0.2) is 0 Å². The number of sulfone groups is 1. The maximum absolute atomic E-state index is 12.0. The van der Waals surface area contributed by atoms with Crippen molar-refractivity contribution in [1.82, 2.24) is 10.2 Å². The first kappa shape index (κ1) is 19.3. The van der Waals surface area contributed by atoms with Crippen LogP contribution in [0.25, 0.3) is 0 Å². The van der Waals surface area contributed by atoms with Crippen molar-refractivity contribution in [2.45, 2.75) is 38.8 Å². The summed E-state index contributed by atoms with van der Waals surface area (Å²) in [5.74, 6) is -0.172. The molecule has 0 aromatic heterocycles. The molecule has 0 fully saturated rings. The first-order chi connectivity index (χ1) is 9.05. The predicted molar refractivity (Wildman–Crippen MR) is 80.5 cm³/mol. The summed E-state index contributed by atoms with van der Waals surface area (Å²) in [5.41, 5.74) is -0.769. The second-order valence-corrected chi connectivity index (χ2v) is 7.73. The summed E-state index contributed by atoms with van der Waals surface area (Å²) in [6, 6.07) is 0.0543. The van der Waals surface area contributed by atoms with Crippen LogP contribution < -0.4 is 5.32 Å². The van der Waals surface area contributed by atoms with Crippen molar-refractivity contribution in [3.63, 3.8) is 0 Å². The summed E-state index contributed by atoms with van der Waals surface area (Å²) in [6.07, 6.45) is 1.77. The van der Waals surface area contributed by atoms with Crippen LogP contribution in [0.2, 0.25) is 0 Å². The molecule has 0 aromatic rings. The summed E-state index contributed by atoms with van der Waals surface area (Å²) >= 11 is 0. The van der Waals surface area contributed by atoms with E-state index in [0.29, 0.717) is 19.6 Å². The van der Waals surface area contributed by atoms with E-state index in [1.807, 2.05) is 18.9 Å². The third kappa shape index (κ3) is 6.67. The van der Waals surface area contributed by atoms with Gasteiger partial charge in [-0.05, 0) is 41.3 Å². The lowest BCUT2D eigenvalue weighted by Crippen LogP contribution is -2.52. The van der Waals surface area contributed by atoms with Crippen LogP contribution in [0.1, 0.15) is 27.2 Å². The fraction of sp³-hybridized carbons (Fsp3) is 0.923. The molecule has 6 nitrogen and oxygen atoms in total. The van der Waals surface area contributed by atoms with Crippen molar-refractivity contribution >= 4 is 15.8 Å². The second-order valence-electron chi connectivity index (χ2n) is 5.47. The van der Waals surface area contributed by atoms with Crippen molar-refractivity contribution in [3.8, 4) is 0 Å². The summed E-state index contributed by atoms with van der Waals surface area (Å²) in [4.78, 5) is 13.9. The van der Waals surface area contributed by atoms with Crippen molar-refractivity contribution in [1.29, 1.82) is 0 Å². The lowest BCUT2D eigenvalue weighted by atomic mass is 9.93. The number of hydrogen-bond donors (Lipinski definition) is 1. The number of nitrogens with zero attached hydrogens (tertiary/aromatic N) is 1. The van der Waals surface area contributed by atoms with Crippen LogP contribution in [0.3, 0.4) is 0 Å². The molecule has 0 saturated heterocycles. The Morgan fingerprint density at radius 1 is 1.45 bits per heavy atom. The van der Waals surface area contributed by atoms with Gasteiger partial charge in [-0.3, -0.25) is 4.79 Å². The fourth-order valence-electron chi connectivity index (χ4n) is 1.85. The van der Waals surface area contributed by atoms with E-state index in [4.69, 9.17) is 4.74 Å². The van der Waals surface area contributed by atoms with Crippen molar-refractivity contribution in [2.75, 3.05) is 39.3 Å². The molecule has 0 radical (unpaired) electrons. The van der Waals surface area contributed by atoms with Gasteiger partial charge in [-0.2, -0.15) is 0 Å². The summed E-state index contributed by atoms with van der Waals surface area (Å²) in [7, 11) is 0.605. The average molecular weight is 308 g/mol. The molecule has 0 aliphatic heterocycles. The molecule has 0 saturated carbocycles. The molecule has 7 heteroatoms. The first-order valence-electron chi connectivity index (χ1n) is 6.80. The van der Waals surface area contributed by atoms with Crippen molar-refractivity contribution in [3.05, 3.63) is 0 Å². The zero-order valence-electron chi connectivity index (χ0n) is 13.4. The number of likely N-dealkylation sites (N-methyl/N-ethyl adjacent to an activating group) is 1. The Morgan fingerprint density at radius 2 is 2.00 bits per heavy atom. The van der Waals surface area contributed by atoms with Crippen LogP contribution in [0.4, 0.5) is 0 Å². The molecule has 0 heterocycles. The standard InChI is InChI=1S/C13H28N2O4S/c1-7-19-12(16)13(3,14-4)10-11(2)15(5)8-9-20(6,17)18/h11,14H,7-10H2,1-6H3. The molecule has 0 rings (SSSR count). The number of hydrogen-bond acceptors (Lipinski definition) is 6. The van der Waals surface area contributed by atoms with E-state index < -0.39 is 15.4 Å². The highest BCUT2D eigenvalue weighted by Crippen LogP contribution is 2.17. The number of rotatable bonds is 9. The average Bonchev–Trinajstić information content (AvgIpc) is 2.34. The SMILES string of the molecule is CCOC(=O)C(C)(CC(C)N(C)CCS(C)(=O)=O)NC. The third-order valence-corrected chi connectivity index (χ3v) is 4.47. The normalized spacial score (nSPS) is 16.8. The molecule has 0 aliphatic carbocycles. The highest BCUT2D eigenvalue weighted by atomic mass is 32.2. The van der Waals surface area contributed by atoms with Gasteiger partial charge in [0.2, 0.25) is 0 Å². The van der Waals surface area contributed by atoms with E-state index in [-0.39, 0.29) is 17.8 Å². The van der Waals surface area contributed by atoms with E-state index in [1.54, 1.807) is 20.9 Å². The number of nitrogens with one attached hydrogen (secondary N) is 1. The zero-order valence-corrected chi connectivity index (χ0v) is 14.2. The summed E-state index contributed by atoms with van der Waals surface area (Å²) in [6.45, 7) is 6.33. The lowest BCUT2D eigenvalue weighted by molar-refractivity contribution is -0.151. The van der Waals surface area contributed by atoms with Crippen LogP contribution in [0.5, 0.6) is 0 Å². The Kier molecular flexibility index (Phi) is 7.69. The fourth-order valence-corrected chi connectivity index (χ4v) is 2.47. The Labute approximate surface area is 122 Å². The van der Waals surface area contributed by atoms with Gasteiger partial charge in [0.15, 0.2) is 0 Å². The van der Waals surface area contributed by atoms with Crippen LogP contribution in [-0.4, -0.2) is 70.1 Å². The minimum Gasteiger partial charge on any atom is -0.465 e. The van der Waals surface area contributed by atoms with Gasteiger partial charge in [-0.1, -0.05) is 0 Å². The van der Waals surface area contributed by atoms with E-state index in [2.05, 4.69) is 5.32 Å². The van der Waals surface area contributed by atoms with Gasteiger partial charge in [-0.25, -0.2) is 8.42 Å². The van der Waals surface area contributed by atoms with Crippen LogP contribution >= 0.6 is 0 Å². The van der Waals surface area contributed by atoms with E-state index in [0.717, 1.165) is 0 Å². The molecule has 2 unspecified atom stereocenters. The van der Waals surface area contributed by atoms with Crippen LogP contribution in [-0.2, 0) is 19.4 Å². The van der Waals surface area contributed by atoms with Gasteiger partial charge in [0.05, 0.1) is 12.4 Å². The molecule has 0 aliphatic rings. The number of carbonyl (C=O) groups excluding carboxylic acids is 1. The van der Waals surface area contributed by atoms with E-state index in [1.165, 1.54) is 6.26 Å². The molecule has 0 bridgehead atoms. The Balaban J connectivity index is 4.61. The molecule has 1 N–H and O–H groups in total. The smallest absolute Gasteiger partial charge is 0.326 e. The lowest BCUT2D eigenvalue weighted by Gasteiger charge is -2.33. The van der Waals surface area contributed by atoms with Gasteiger partial charge in [0, 0.05) is 18.8 Å². The van der Waals surface area contributed by atoms with Gasteiger partial charge in [0.1, 0.15) is 15.4 Å². The third-order valence-electron chi connectivity index (χ3n) is 3.55. The Morgan fingerprint density at radius 3 is 2.40 bits per heavy atom. The minimum atomic E-state index is -2.98. The first-order valence-corrected chi connectivity index (χ1v) is 8.86. The van der Waals surface area contributed by atoms with Crippen molar-refractivity contribution < 1.29 is 17.9 Å². The van der Waals surface area contributed by atoms with Crippen LogP contribution in [0, 0.1) is 0 Å². The highest BCUT2D eigenvalue weighted by molar-refractivity contribution is 7.90. The largest absolute Gasteiger partial charge is 0.465 e. The summed E-state index contributed by atoms with van der Waals surface area (Å²) in [5, 5.41) is 3.00. The number of carbonyl (C=O) groups is 1. The second kappa shape index (κ2) is 7.95. The number of ether oxygens (including phenoxy) is 1.